The Morgan fingerprint density at radius 1 is 1.26 bits per heavy atom. The zero-order valence-electron chi connectivity index (χ0n) is 13.0. The Kier molecular flexibility index (Phi) is 4.10. The van der Waals surface area contributed by atoms with Gasteiger partial charge in [0.1, 0.15) is 5.83 Å². The molecule has 2 fully saturated rings. The fraction of sp³-hybridized carbons (Fsp3) is 0.529. The van der Waals surface area contributed by atoms with Crippen molar-refractivity contribution >= 4 is 5.95 Å². The first kappa shape index (κ1) is 14.8. The Bertz CT molecular complexity index is 618. The largest absolute Gasteiger partial charge is 0.375 e. The lowest BCUT2D eigenvalue weighted by atomic mass is 9.92. The summed E-state index contributed by atoms with van der Waals surface area (Å²) in [5.74, 6) is 0.978. The summed E-state index contributed by atoms with van der Waals surface area (Å²) >= 11 is 0. The van der Waals surface area contributed by atoms with Crippen LogP contribution in [-0.2, 0) is 4.74 Å². The van der Waals surface area contributed by atoms with E-state index in [9.17, 15) is 4.39 Å². The Balaban J connectivity index is 1.39. The van der Waals surface area contributed by atoms with Gasteiger partial charge < -0.3 is 15.4 Å². The minimum atomic E-state index is -0.165. The number of halogens is 1. The third-order valence-electron chi connectivity index (χ3n) is 4.62. The maximum Gasteiger partial charge on any atom is 0.227 e. The van der Waals surface area contributed by atoms with Gasteiger partial charge in [0.25, 0.3) is 0 Å². The molecule has 6 heteroatoms. The highest BCUT2D eigenvalue weighted by atomic mass is 19.1. The Morgan fingerprint density at radius 2 is 2.09 bits per heavy atom. The van der Waals surface area contributed by atoms with E-state index in [1.54, 1.807) is 6.08 Å². The molecular formula is C17H21FN4O. The van der Waals surface area contributed by atoms with Crippen LogP contribution in [0.3, 0.4) is 0 Å². The van der Waals surface area contributed by atoms with Crippen LogP contribution in [0.4, 0.5) is 10.3 Å². The molecule has 0 radical (unpaired) electrons. The van der Waals surface area contributed by atoms with Crippen LogP contribution in [0.1, 0.15) is 30.7 Å². The number of aromatic nitrogens is 2. The van der Waals surface area contributed by atoms with E-state index in [0.29, 0.717) is 30.6 Å². The van der Waals surface area contributed by atoms with E-state index in [1.807, 2.05) is 18.5 Å². The summed E-state index contributed by atoms with van der Waals surface area (Å²) in [6.45, 7) is 2.33. The molecule has 122 valence electrons. The van der Waals surface area contributed by atoms with Crippen molar-refractivity contribution in [2.24, 2.45) is 5.92 Å². The van der Waals surface area contributed by atoms with Crippen molar-refractivity contribution in [1.82, 2.24) is 15.3 Å². The van der Waals surface area contributed by atoms with Crippen molar-refractivity contribution in [2.75, 3.05) is 25.0 Å². The van der Waals surface area contributed by atoms with Crippen molar-refractivity contribution in [3.63, 3.8) is 0 Å². The first-order chi connectivity index (χ1) is 11.3. The molecule has 3 aliphatic rings. The summed E-state index contributed by atoms with van der Waals surface area (Å²) < 4.78 is 20.1. The molecule has 5 nitrogen and oxygen atoms in total. The Hall–Kier alpha value is -1.79. The smallest absolute Gasteiger partial charge is 0.227 e. The average Bonchev–Trinajstić information content (AvgIpc) is 3.43. The highest BCUT2D eigenvalue weighted by molar-refractivity contribution is 5.43. The number of morpholine rings is 1. The third kappa shape index (κ3) is 3.43. The molecule has 0 aromatic carbocycles. The normalized spacial score (nSPS) is 28.0. The fourth-order valence-electron chi connectivity index (χ4n) is 3.07. The van der Waals surface area contributed by atoms with Gasteiger partial charge in [-0.3, -0.25) is 0 Å². The number of nitrogens with zero attached hydrogens (tertiary/aromatic N) is 2. The molecule has 2 atom stereocenters. The highest BCUT2D eigenvalue weighted by Crippen LogP contribution is 2.39. The molecule has 0 amide bonds. The maximum absolute atomic E-state index is 14.4. The monoisotopic (exact) mass is 316 g/mol. The summed E-state index contributed by atoms with van der Waals surface area (Å²) in [5.41, 5.74) is 1.62. The predicted octanol–water partition coefficient (Wildman–Crippen LogP) is 2.51. The molecule has 4 rings (SSSR count). The predicted molar refractivity (Wildman–Crippen MR) is 85.6 cm³/mol. The molecule has 23 heavy (non-hydrogen) atoms. The van der Waals surface area contributed by atoms with E-state index in [4.69, 9.17) is 4.74 Å². The molecule has 1 aromatic rings. The van der Waals surface area contributed by atoms with Crippen LogP contribution in [0, 0.1) is 5.92 Å². The molecule has 2 heterocycles. The van der Waals surface area contributed by atoms with Crippen LogP contribution in [-0.4, -0.2) is 35.8 Å². The van der Waals surface area contributed by atoms with Gasteiger partial charge in [-0.2, -0.15) is 0 Å². The van der Waals surface area contributed by atoms with E-state index in [0.717, 1.165) is 13.1 Å². The second-order valence-electron chi connectivity index (χ2n) is 6.40. The SMILES string of the molecule is FC1=C(Nc2ncc(C3CC3)cn2)C=CC([C@H]2CNCCO2)C1. The zero-order valence-corrected chi connectivity index (χ0v) is 13.0. The lowest BCUT2D eigenvalue weighted by Gasteiger charge is -2.30. The minimum absolute atomic E-state index is 0.0429. The fourth-order valence-corrected chi connectivity index (χ4v) is 3.07. The van der Waals surface area contributed by atoms with Gasteiger partial charge in [0.2, 0.25) is 5.95 Å². The van der Waals surface area contributed by atoms with Gasteiger partial charge in [-0.15, -0.1) is 0 Å². The summed E-state index contributed by atoms with van der Waals surface area (Å²) in [4.78, 5) is 8.57. The minimum Gasteiger partial charge on any atom is -0.375 e. The van der Waals surface area contributed by atoms with Gasteiger partial charge in [0.05, 0.1) is 18.4 Å². The van der Waals surface area contributed by atoms with Crippen LogP contribution < -0.4 is 10.6 Å². The van der Waals surface area contributed by atoms with Crippen molar-refractivity contribution in [3.8, 4) is 0 Å². The number of allylic oxidation sites excluding steroid dienone is 2. The lowest BCUT2D eigenvalue weighted by Crippen LogP contribution is -2.42. The topological polar surface area (TPSA) is 59.1 Å². The van der Waals surface area contributed by atoms with Gasteiger partial charge >= 0.3 is 0 Å². The highest BCUT2D eigenvalue weighted by Gasteiger charge is 2.27. The van der Waals surface area contributed by atoms with Crippen molar-refractivity contribution in [1.29, 1.82) is 0 Å². The molecule has 1 aliphatic heterocycles. The standard InChI is InChI=1S/C17H21FN4O/c18-14-7-12(16-10-19-5-6-23-16)3-4-15(14)22-17-20-8-13(9-21-17)11-1-2-11/h3-4,8-9,11-12,16,19H,1-2,5-7,10H2,(H,20,21,22)/t12?,16-/m1/s1. The van der Waals surface area contributed by atoms with Crippen LogP contribution >= 0.6 is 0 Å². The second kappa shape index (κ2) is 6.37. The van der Waals surface area contributed by atoms with Crippen molar-refractivity contribution in [2.45, 2.75) is 31.3 Å². The number of anilines is 1. The van der Waals surface area contributed by atoms with Gasteiger partial charge in [0.15, 0.2) is 0 Å². The Labute approximate surface area is 135 Å². The number of hydrogen-bond donors (Lipinski definition) is 2. The summed E-state index contributed by atoms with van der Waals surface area (Å²) in [6.07, 6.45) is 10.3. The van der Waals surface area contributed by atoms with E-state index < -0.39 is 0 Å². The molecule has 0 bridgehead atoms. The summed E-state index contributed by atoms with van der Waals surface area (Å²) in [7, 11) is 0. The first-order valence-corrected chi connectivity index (χ1v) is 8.28. The number of hydrogen-bond acceptors (Lipinski definition) is 5. The number of rotatable bonds is 4. The second-order valence-corrected chi connectivity index (χ2v) is 6.40. The molecule has 1 unspecified atom stereocenters. The molecule has 1 saturated carbocycles. The van der Waals surface area contributed by atoms with Crippen LogP contribution in [0.2, 0.25) is 0 Å². The molecule has 2 aliphatic carbocycles. The lowest BCUT2D eigenvalue weighted by molar-refractivity contribution is 0.00174. The third-order valence-corrected chi connectivity index (χ3v) is 4.62. The van der Waals surface area contributed by atoms with Crippen molar-refractivity contribution < 1.29 is 9.13 Å². The van der Waals surface area contributed by atoms with Crippen LogP contribution in [0.15, 0.2) is 36.1 Å². The first-order valence-electron chi connectivity index (χ1n) is 8.28. The van der Waals surface area contributed by atoms with E-state index in [2.05, 4.69) is 20.6 Å². The zero-order chi connectivity index (χ0) is 15.6. The van der Waals surface area contributed by atoms with Crippen LogP contribution in [0.25, 0.3) is 0 Å². The maximum atomic E-state index is 14.4. The van der Waals surface area contributed by atoms with Crippen LogP contribution in [0.5, 0.6) is 0 Å². The molecule has 0 spiro atoms. The van der Waals surface area contributed by atoms with Gasteiger partial charge in [-0.25, -0.2) is 14.4 Å². The molecular weight excluding hydrogens is 295 g/mol. The number of nitrogens with one attached hydrogen (secondary N) is 2. The summed E-state index contributed by atoms with van der Waals surface area (Å²) in [5, 5.41) is 6.26. The van der Waals surface area contributed by atoms with E-state index in [-0.39, 0.29) is 17.8 Å². The van der Waals surface area contributed by atoms with Gasteiger partial charge in [-0.05, 0) is 30.4 Å². The quantitative estimate of drug-likeness (QED) is 0.894. The average molecular weight is 316 g/mol. The summed E-state index contributed by atoms with van der Waals surface area (Å²) in [6, 6.07) is 0. The number of ether oxygens (including phenoxy) is 1. The molecule has 1 saturated heterocycles. The molecule has 1 aromatic heterocycles. The van der Waals surface area contributed by atoms with E-state index >= 15 is 0 Å². The molecule has 2 N–H and O–H groups in total. The van der Waals surface area contributed by atoms with Crippen molar-refractivity contribution in [3.05, 3.63) is 41.6 Å². The Morgan fingerprint density at radius 3 is 2.74 bits per heavy atom. The van der Waals surface area contributed by atoms with Gasteiger partial charge in [0, 0.05) is 37.8 Å². The van der Waals surface area contributed by atoms with Gasteiger partial charge in [-0.1, -0.05) is 6.08 Å². The van der Waals surface area contributed by atoms with E-state index in [1.165, 1.54) is 18.4 Å².